The van der Waals surface area contributed by atoms with E-state index in [0.29, 0.717) is 23.3 Å². The molecular weight excluding hydrogens is 445 g/mol. The summed E-state index contributed by atoms with van der Waals surface area (Å²) in [6.45, 7) is 6.87. The fourth-order valence-corrected chi connectivity index (χ4v) is 5.86. The Bertz CT molecular complexity index is 1070. The van der Waals surface area contributed by atoms with Gasteiger partial charge in [-0.1, -0.05) is 24.9 Å². The molecule has 32 heavy (non-hydrogen) atoms. The maximum absolute atomic E-state index is 13.5. The number of urea groups is 1. The van der Waals surface area contributed by atoms with Crippen molar-refractivity contribution in [3.8, 4) is 0 Å². The van der Waals surface area contributed by atoms with Crippen molar-refractivity contribution in [2.24, 2.45) is 0 Å². The summed E-state index contributed by atoms with van der Waals surface area (Å²) in [5.41, 5.74) is 2.41. The van der Waals surface area contributed by atoms with Gasteiger partial charge in [0.25, 0.3) is 0 Å². The van der Waals surface area contributed by atoms with Crippen molar-refractivity contribution in [3.05, 3.63) is 58.2 Å². The molecule has 0 aliphatic carbocycles. The van der Waals surface area contributed by atoms with Gasteiger partial charge in [-0.05, 0) is 97.9 Å². The molecule has 1 aliphatic rings. The lowest BCUT2D eigenvalue weighted by atomic mass is 9.88. The molecule has 2 N–H and O–H groups in total. The number of benzene rings is 2. The molecule has 4 rings (SSSR count). The molecule has 1 aromatic heterocycles. The molecule has 1 saturated heterocycles. The van der Waals surface area contributed by atoms with Gasteiger partial charge in [-0.15, -0.1) is 11.3 Å². The zero-order valence-electron chi connectivity index (χ0n) is 18.5. The van der Waals surface area contributed by atoms with Crippen molar-refractivity contribution in [2.75, 3.05) is 23.7 Å². The van der Waals surface area contributed by atoms with Crippen molar-refractivity contribution in [1.29, 1.82) is 0 Å². The first-order valence-electron chi connectivity index (χ1n) is 11.2. The first kappa shape index (κ1) is 23.0. The smallest absolute Gasteiger partial charge is 0.308 e. The van der Waals surface area contributed by atoms with E-state index < -0.39 is 11.8 Å². The Morgan fingerprint density at radius 3 is 2.66 bits per heavy atom. The summed E-state index contributed by atoms with van der Waals surface area (Å²) in [6, 6.07) is 10.2. The number of nitrogens with zero attached hydrogens (tertiary/aromatic N) is 1. The van der Waals surface area contributed by atoms with Crippen LogP contribution in [0.25, 0.3) is 10.1 Å². The largest absolute Gasteiger partial charge is 0.323 e. The molecule has 0 bridgehead atoms. The van der Waals surface area contributed by atoms with E-state index in [1.54, 1.807) is 11.3 Å². The summed E-state index contributed by atoms with van der Waals surface area (Å²) in [7, 11) is 0. The Morgan fingerprint density at radius 1 is 1.19 bits per heavy atom. The number of carbonyl (C=O) groups excluding carboxylic acids is 1. The van der Waals surface area contributed by atoms with Gasteiger partial charge >= 0.3 is 6.03 Å². The maximum atomic E-state index is 13.5. The average Bonchev–Trinajstić information content (AvgIpc) is 3.16. The number of anilines is 2. The molecular formula is C25H29ClFN3OS. The summed E-state index contributed by atoms with van der Waals surface area (Å²) in [4.78, 5) is 15.0. The number of hydrogen-bond acceptors (Lipinski definition) is 3. The van der Waals surface area contributed by atoms with Crippen LogP contribution in [0, 0.1) is 5.82 Å². The maximum Gasteiger partial charge on any atom is 0.323 e. The van der Waals surface area contributed by atoms with Gasteiger partial charge in [0.1, 0.15) is 5.82 Å². The zero-order chi connectivity index (χ0) is 22.7. The lowest BCUT2D eigenvalue weighted by molar-refractivity contribution is 0.155. The summed E-state index contributed by atoms with van der Waals surface area (Å²) >= 11 is 7.62. The third kappa shape index (κ3) is 5.42. The van der Waals surface area contributed by atoms with E-state index in [-0.39, 0.29) is 5.02 Å². The highest BCUT2D eigenvalue weighted by atomic mass is 35.5. The molecule has 2 aromatic carbocycles. The van der Waals surface area contributed by atoms with Crippen LogP contribution in [0.2, 0.25) is 5.02 Å². The van der Waals surface area contributed by atoms with Crippen molar-refractivity contribution in [1.82, 2.24) is 4.90 Å². The second-order valence-electron chi connectivity index (χ2n) is 8.59. The fraction of sp³-hybridized carbons (Fsp3) is 0.400. The van der Waals surface area contributed by atoms with Crippen molar-refractivity contribution >= 4 is 50.4 Å². The van der Waals surface area contributed by atoms with Crippen molar-refractivity contribution < 1.29 is 9.18 Å². The zero-order valence-corrected chi connectivity index (χ0v) is 20.0. The lowest BCUT2D eigenvalue weighted by Crippen LogP contribution is -2.39. The van der Waals surface area contributed by atoms with Crippen molar-refractivity contribution in [2.45, 2.75) is 51.5 Å². The number of hydrogen-bond donors (Lipinski definition) is 2. The molecule has 4 nitrogen and oxygen atoms in total. The molecule has 1 aliphatic heterocycles. The fourth-order valence-electron chi connectivity index (χ4n) is 4.61. The number of carbonyl (C=O) groups is 1. The van der Waals surface area contributed by atoms with Gasteiger partial charge in [0.05, 0.1) is 0 Å². The standard InChI is InChI=1S/C25H29ClFN3OS/c1-3-4-16(2)30-9-7-17(8-10-30)23-15-32-24-6-5-20(14-22(23)24)28-25(31)29-21-12-18(26)11-19(27)13-21/h5-6,11-17H,3-4,7-10H2,1-2H3,(H2,28,29,31). The quantitative estimate of drug-likeness (QED) is 0.385. The molecule has 0 spiro atoms. The molecule has 0 radical (unpaired) electrons. The van der Waals surface area contributed by atoms with Crippen LogP contribution in [-0.4, -0.2) is 30.1 Å². The van der Waals surface area contributed by atoms with E-state index in [1.807, 2.05) is 12.1 Å². The Kier molecular flexibility index (Phi) is 7.33. The molecule has 170 valence electrons. The van der Waals surface area contributed by atoms with Crippen molar-refractivity contribution in [3.63, 3.8) is 0 Å². The Hall–Kier alpha value is -2.15. The molecule has 1 unspecified atom stereocenters. The first-order valence-corrected chi connectivity index (χ1v) is 12.5. The van der Waals surface area contributed by atoms with Gasteiger partial charge in [0, 0.05) is 27.1 Å². The summed E-state index contributed by atoms with van der Waals surface area (Å²) in [5, 5.41) is 9.22. The number of fused-ring (bicyclic) bond motifs is 1. The van der Waals surface area contributed by atoms with Crippen LogP contribution in [0.15, 0.2) is 41.8 Å². The monoisotopic (exact) mass is 473 g/mol. The molecule has 1 fully saturated rings. The van der Waals surface area contributed by atoms with E-state index in [9.17, 15) is 9.18 Å². The SMILES string of the molecule is CCCC(C)N1CCC(c2csc3ccc(NC(=O)Nc4cc(F)cc(Cl)c4)cc23)CC1. The van der Waals surface area contributed by atoms with E-state index >= 15 is 0 Å². The predicted octanol–water partition coefficient (Wildman–Crippen LogP) is 7.71. The number of likely N-dealkylation sites (tertiary alicyclic amines) is 1. The highest BCUT2D eigenvalue weighted by Gasteiger charge is 2.25. The van der Waals surface area contributed by atoms with Gasteiger partial charge in [0.2, 0.25) is 0 Å². The second-order valence-corrected chi connectivity index (χ2v) is 9.93. The minimum absolute atomic E-state index is 0.236. The lowest BCUT2D eigenvalue weighted by Gasteiger charge is -2.36. The minimum Gasteiger partial charge on any atom is -0.308 e. The molecule has 2 amide bonds. The van der Waals surface area contributed by atoms with Gasteiger partial charge in [-0.25, -0.2) is 9.18 Å². The number of halogens is 2. The predicted molar refractivity (Wildman–Crippen MR) is 134 cm³/mol. The number of amides is 2. The van der Waals surface area contributed by atoms with Crippen LogP contribution in [0.4, 0.5) is 20.6 Å². The molecule has 2 heterocycles. The number of piperidine rings is 1. The van der Waals surface area contributed by atoms with Gasteiger partial charge in [-0.2, -0.15) is 0 Å². The topological polar surface area (TPSA) is 44.4 Å². The molecule has 0 saturated carbocycles. The van der Waals surface area contributed by atoms with Crippen LogP contribution >= 0.6 is 22.9 Å². The van der Waals surface area contributed by atoms with Gasteiger partial charge in [0.15, 0.2) is 0 Å². The molecule has 1 atom stereocenters. The Balaban J connectivity index is 1.44. The van der Waals surface area contributed by atoms with Crippen LogP contribution in [0.3, 0.4) is 0 Å². The normalized spacial score (nSPS) is 16.2. The summed E-state index contributed by atoms with van der Waals surface area (Å²) < 4.78 is 14.7. The second kappa shape index (κ2) is 10.2. The van der Waals surface area contributed by atoms with E-state index in [2.05, 4.69) is 40.8 Å². The first-order chi connectivity index (χ1) is 15.4. The third-order valence-corrected chi connectivity index (χ3v) is 7.48. The number of nitrogens with one attached hydrogen (secondary N) is 2. The summed E-state index contributed by atoms with van der Waals surface area (Å²) in [6.07, 6.45) is 4.81. The van der Waals surface area contributed by atoms with E-state index in [4.69, 9.17) is 11.6 Å². The Morgan fingerprint density at radius 2 is 1.94 bits per heavy atom. The van der Waals surface area contributed by atoms with E-state index in [1.165, 1.54) is 59.5 Å². The summed E-state index contributed by atoms with van der Waals surface area (Å²) in [5.74, 6) is 0.0552. The molecule has 3 aromatic rings. The van der Waals surface area contributed by atoms with Gasteiger partial charge in [-0.3, -0.25) is 0 Å². The molecule has 7 heteroatoms. The van der Waals surface area contributed by atoms with Crippen LogP contribution in [-0.2, 0) is 0 Å². The van der Waals surface area contributed by atoms with Crippen LogP contribution < -0.4 is 10.6 Å². The minimum atomic E-state index is -0.493. The highest BCUT2D eigenvalue weighted by molar-refractivity contribution is 7.17. The Labute approximate surface area is 197 Å². The van der Waals surface area contributed by atoms with Crippen LogP contribution in [0.1, 0.15) is 51.0 Å². The van der Waals surface area contributed by atoms with Gasteiger partial charge < -0.3 is 15.5 Å². The van der Waals surface area contributed by atoms with Crippen LogP contribution in [0.5, 0.6) is 0 Å². The van der Waals surface area contributed by atoms with E-state index in [0.717, 1.165) is 13.1 Å². The average molecular weight is 474 g/mol. The highest BCUT2D eigenvalue weighted by Crippen LogP contribution is 2.38. The number of rotatable bonds is 6. The number of thiophene rings is 1. The third-order valence-electron chi connectivity index (χ3n) is 6.28.